The van der Waals surface area contributed by atoms with Crippen molar-refractivity contribution < 1.29 is 54.3 Å². The third-order valence-corrected chi connectivity index (χ3v) is 18.5. The van der Waals surface area contributed by atoms with Crippen LogP contribution in [0, 0.1) is 37.3 Å². The Morgan fingerprint density at radius 1 is 0.340 bits per heavy atom. The second kappa shape index (κ2) is 26.4. The first-order valence-corrected chi connectivity index (χ1v) is 32.9. The molecule has 0 spiro atoms. The van der Waals surface area contributed by atoms with Crippen molar-refractivity contribution in [3.63, 3.8) is 0 Å². The Balaban J connectivity index is 0.00000417. The van der Waals surface area contributed by atoms with Gasteiger partial charge in [0.05, 0.1) is 44.6 Å². The molecule has 10 rings (SSSR count). The summed E-state index contributed by atoms with van der Waals surface area (Å²) in [6.45, 7) is 50.0. The predicted octanol–water partition coefficient (Wildman–Crippen LogP) is 24.0. The molecule has 94 heavy (non-hydrogen) atoms. The van der Waals surface area contributed by atoms with E-state index >= 15 is 8.78 Å². The fourth-order valence-corrected chi connectivity index (χ4v) is 14.3. The molecule has 2 heterocycles. The van der Waals surface area contributed by atoms with Gasteiger partial charge in [0.15, 0.2) is 13.2 Å². The first kappa shape index (κ1) is 74.7. The van der Waals surface area contributed by atoms with Gasteiger partial charge in [-0.25, -0.2) is 8.78 Å². The summed E-state index contributed by atoms with van der Waals surface area (Å²) >= 11 is 0. The normalized spacial score (nSPS) is 12.9. The number of hydrogen-bond acceptors (Lipinski definition) is 2. The van der Waals surface area contributed by atoms with E-state index in [2.05, 4.69) is 246 Å². The summed E-state index contributed by atoms with van der Waals surface area (Å²) in [5, 5.41) is 30.5. The van der Waals surface area contributed by atoms with E-state index in [1.165, 1.54) is 46.5 Å². The molecule has 0 atom stereocenters. The molecule has 4 N–H and O–H groups in total. The van der Waals surface area contributed by atoms with Crippen molar-refractivity contribution in [2.75, 3.05) is 13.2 Å². The van der Waals surface area contributed by atoms with Crippen LogP contribution in [0.3, 0.4) is 0 Å². The number of benzene rings is 8. The minimum atomic E-state index is -0.436. The van der Waals surface area contributed by atoms with Crippen LogP contribution in [0.25, 0.3) is 77.2 Å². The van der Waals surface area contributed by atoms with Crippen LogP contribution in [0.2, 0.25) is 0 Å². The minimum Gasteiger partial charge on any atom is -0.582 e. The molecule has 0 saturated heterocycles. The van der Waals surface area contributed by atoms with E-state index < -0.39 is 11.6 Å². The van der Waals surface area contributed by atoms with Crippen LogP contribution >= 0.6 is 0 Å². The fourth-order valence-electron chi connectivity index (χ4n) is 14.3. The van der Waals surface area contributed by atoms with Crippen LogP contribution in [-0.4, -0.2) is 42.0 Å². The van der Waals surface area contributed by atoms with Crippen LogP contribution in [0.5, 0.6) is 23.0 Å². The number of aromatic hydroxyl groups is 4. The minimum absolute atomic E-state index is 0. The molecule has 0 radical (unpaired) electrons. The summed E-state index contributed by atoms with van der Waals surface area (Å²) in [5.41, 5.74) is 12.8. The maximum atomic E-state index is 16.0. The second-order valence-electron chi connectivity index (χ2n) is 34.1. The van der Waals surface area contributed by atoms with Gasteiger partial charge in [-0.15, -0.1) is 0 Å². The van der Waals surface area contributed by atoms with E-state index in [-0.39, 0.29) is 95.5 Å². The number of halogens is 2. The second-order valence-corrected chi connectivity index (χ2v) is 34.1. The number of hydrogen-bond donors (Lipinski definition) is 2. The largest absolute Gasteiger partial charge is 0.582 e. The SMILES string of the molecule is CC(C)(C)CC(C)(C)c1cc(-c2cc(F)ccc2[OH+]CCC[OH+]c2ccc(F)cc2-c2cc(C(C)(C)CC(C)(C)C)cc(-n3c4ccc(C(C)(C)C)cc4c4cc(C(C)(C)C)ccc43)c2O)c(O)c(-n2c3ccc(C(C)(C)C)cc3c3cc(C(C)(C)C)ccc32)c1.[CH3-].[CH3-].[Hf]. The molecule has 0 aliphatic rings. The molecule has 0 bridgehead atoms. The molecule has 0 aliphatic heterocycles. The zero-order chi connectivity index (χ0) is 66.7. The van der Waals surface area contributed by atoms with Gasteiger partial charge in [-0.2, -0.15) is 0 Å². The quantitative estimate of drug-likeness (QED) is 0.0493. The predicted molar refractivity (Wildman–Crippen MR) is 395 cm³/mol. The van der Waals surface area contributed by atoms with Crippen LogP contribution in [-0.2, 0) is 58.3 Å². The number of phenolic OH excluding ortho intramolecular Hbond substituents is 2. The van der Waals surface area contributed by atoms with Crippen molar-refractivity contribution in [1.29, 1.82) is 0 Å². The summed E-state index contributed by atoms with van der Waals surface area (Å²) in [4.78, 5) is 0. The van der Waals surface area contributed by atoms with Crippen molar-refractivity contribution in [2.24, 2.45) is 10.8 Å². The number of fused-ring (bicyclic) bond motifs is 6. The van der Waals surface area contributed by atoms with E-state index in [1.807, 2.05) is 12.1 Å². The van der Waals surface area contributed by atoms with Gasteiger partial charge in [-0.1, -0.05) is 177 Å². The average molecular weight is 1440 g/mol. The van der Waals surface area contributed by atoms with Gasteiger partial charge in [-0.3, -0.25) is 0 Å². The molecule has 10 aromatic rings. The summed E-state index contributed by atoms with van der Waals surface area (Å²) in [6.07, 6.45) is 2.20. The average Bonchev–Trinajstić information content (AvgIpc) is 1.55. The molecule has 0 saturated carbocycles. The number of aromatic nitrogens is 2. The van der Waals surface area contributed by atoms with E-state index in [0.717, 1.165) is 67.6 Å². The molecule has 0 unspecified atom stereocenters. The van der Waals surface area contributed by atoms with E-state index in [0.29, 0.717) is 64.8 Å². The van der Waals surface area contributed by atoms with Gasteiger partial charge in [0, 0.05) is 70.6 Å². The Kier molecular flexibility index (Phi) is 20.9. The third kappa shape index (κ3) is 15.3. The van der Waals surface area contributed by atoms with Gasteiger partial charge < -0.3 is 43.7 Å². The Bertz CT molecular complexity index is 4010. The zero-order valence-corrected chi connectivity index (χ0v) is 64.8. The molecule has 0 amide bonds. The van der Waals surface area contributed by atoms with Gasteiger partial charge in [0.25, 0.3) is 11.5 Å². The van der Waals surface area contributed by atoms with E-state index in [1.54, 1.807) is 12.1 Å². The van der Waals surface area contributed by atoms with Crippen molar-refractivity contribution >= 4 is 43.6 Å². The van der Waals surface area contributed by atoms with E-state index in [9.17, 15) is 10.2 Å². The third-order valence-electron chi connectivity index (χ3n) is 18.5. The standard InChI is InChI=1S/C83H100F2N2O4.2CH3.Hf/c1-76(2,3)48-82(19,20)54-42-64(74(88)70(44-54)86-66-30-24-50(78(7,8)9)38-58(66)59-39-51(79(10,11)12)25-31-67(59)86)62-46-56(84)28-34-72(62)90-36-23-37-91-73-35-29-57(85)47-63(73)65-43-55(83(21,22)49-77(4,5)6)45-71(75(65)89)87-68-32-26-52(80(13,14)15)40-60(68)61-41-53(81(16,17)18)27-33-69(61)87;;;/h24-35,38-47,88-89H,23,36-37,48-49H2,1-22H3;2*1H3;/q;2*-1;/p+2. The topological polar surface area (TPSA) is 75.9 Å². The Morgan fingerprint density at radius 2 is 0.617 bits per heavy atom. The molecule has 0 aliphatic carbocycles. The summed E-state index contributed by atoms with van der Waals surface area (Å²) in [5.74, 6) is 0.292. The first-order chi connectivity index (χ1) is 42.0. The maximum absolute atomic E-state index is 16.0. The molecule has 8 aromatic carbocycles. The number of nitrogens with zero attached hydrogens (tertiary/aromatic N) is 2. The molecule has 0 fully saturated rings. The van der Waals surface area contributed by atoms with Gasteiger partial charge in [-0.05, 0) is 187 Å². The summed E-state index contributed by atoms with van der Waals surface area (Å²) < 4.78 is 46.6. The van der Waals surface area contributed by atoms with Gasteiger partial charge in [0.2, 0.25) is 0 Å². The van der Waals surface area contributed by atoms with Crippen LogP contribution in [0.15, 0.2) is 133 Å². The van der Waals surface area contributed by atoms with Gasteiger partial charge in [0.1, 0.15) is 29.6 Å². The van der Waals surface area contributed by atoms with Crippen molar-refractivity contribution in [3.8, 4) is 56.6 Å². The molecule has 9 heteroatoms. The van der Waals surface area contributed by atoms with Crippen LogP contribution in [0.1, 0.15) is 205 Å². The van der Waals surface area contributed by atoms with Crippen LogP contribution in [0.4, 0.5) is 8.78 Å². The Hall–Kier alpha value is -6.71. The van der Waals surface area contributed by atoms with Crippen LogP contribution < -0.4 is 0 Å². The molecule has 2 aromatic heterocycles. The summed E-state index contributed by atoms with van der Waals surface area (Å²) in [7, 11) is 0. The maximum Gasteiger partial charge on any atom is 0.262 e. The van der Waals surface area contributed by atoms with Crippen molar-refractivity contribution in [2.45, 2.75) is 204 Å². The number of ether oxygens (including phenoxy) is 2. The number of phenols is 2. The molecule has 6 nitrogen and oxygen atoms in total. The molecular weight excluding hydrogens is 1330 g/mol. The monoisotopic (exact) mass is 1440 g/mol. The zero-order valence-electron chi connectivity index (χ0n) is 61.2. The summed E-state index contributed by atoms with van der Waals surface area (Å²) in [6, 6.07) is 44.4. The Morgan fingerprint density at radius 3 is 0.872 bits per heavy atom. The number of aliphatic hydroxyl groups is 2. The molecule has 500 valence electrons. The number of rotatable bonds is 14. The smallest absolute Gasteiger partial charge is 0.262 e. The molecular formula is C85H108F2HfN2O4. The van der Waals surface area contributed by atoms with Crippen molar-refractivity contribution in [3.05, 3.63) is 193 Å². The van der Waals surface area contributed by atoms with E-state index in [4.69, 9.17) is 9.47 Å². The first-order valence-electron chi connectivity index (χ1n) is 32.9. The Labute approximate surface area is 581 Å². The van der Waals surface area contributed by atoms with Gasteiger partial charge >= 0.3 is 0 Å². The fraction of sp³-hybridized carbons (Fsp3) is 0.412. The van der Waals surface area contributed by atoms with Crippen molar-refractivity contribution in [1.82, 2.24) is 9.13 Å².